The Labute approximate surface area is 125 Å². The Kier molecular flexibility index (Phi) is 4.27. The lowest BCUT2D eigenvalue weighted by Gasteiger charge is -2.09. The molecule has 0 saturated carbocycles. The number of carbonyl (C=O) groups excluding carboxylic acids is 1. The highest BCUT2D eigenvalue weighted by Crippen LogP contribution is 2.29. The van der Waals surface area contributed by atoms with Crippen molar-refractivity contribution >= 4 is 39.1 Å². The number of nitrogens with one attached hydrogen (secondary N) is 1. The van der Waals surface area contributed by atoms with Crippen LogP contribution in [0.2, 0.25) is 5.02 Å². The van der Waals surface area contributed by atoms with Crippen LogP contribution < -0.4 is 5.32 Å². The first-order chi connectivity index (χ1) is 8.97. The van der Waals surface area contributed by atoms with E-state index in [2.05, 4.69) is 21.2 Å². The predicted molar refractivity (Wildman–Crippen MR) is 83.0 cm³/mol. The topological polar surface area (TPSA) is 29.1 Å². The van der Waals surface area contributed by atoms with Gasteiger partial charge in [-0.3, -0.25) is 4.79 Å². The largest absolute Gasteiger partial charge is 0.321 e. The van der Waals surface area contributed by atoms with Crippen LogP contribution in [0, 0.1) is 13.8 Å². The van der Waals surface area contributed by atoms with Gasteiger partial charge in [-0.05, 0) is 59.6 Å². The van der Waals surface area contributed by atoms with E-state index in [1.54, 1.807) is 18.2 Å². The van der Waals surface area contributed by atoms with E-state index >= 15 is 0 Å². The Bertz CT molecular complexity index is 623. The van der Waals surface area contributed by atoms with Gasteiger partial charge in [0.1, 0.15) is 0 Å². The predicted octanol–water partition coefficient (Wildman–Crippen LogP) is 4.97. The Morgan fingerprint density at radius 2 is 1.79 bits per heavy atom. The van der Waals surface area contributed by atoms with E-state index in [9.17, 15) is 4.79 Å². The zero-order valence-corrected chi connectivity index (χ0v) is 13.0. The molecule has 2 rings (SSSR count). The fourth-order valence-corrected chi connectivity index (χ4v) is 2.36. The van der Waals surface area contributed by atoms with Gasteiger partial charge in [-0.2, -0.15) is 0 Å². The summed E-state index contributed by atoms with van der Waals surface area (Å²) in [7, 11) is 0. The molecule has 0 atom stereocenters. The fourth-order valence-electron chi connectivity index (χ4n) is 1.64. The van der Waals surface area contributed by atoms with Gasteiger partial charge in [0, 0.05) is 15.1 Å². The van der Waals surface area contributed by atoms with Gasteiger partial charge in [-0.15, -0.1) is 0 Å². The Morgan fingerprint density at radius 3 is 2.42 bits per heavy atom. The van der Waals surface area contributed by atoms with Crippen molar-refractivity contribution in [1.29, 1.82) is 0 Å². The first-order valence-electron chi connectivity index (χ1n) is 5.81. The molecule has 0 aromatic heterocycles. The maximum Gasteiger partial charge on any atom is 0.255 e. The summed E-state index contributed by atoms with van der Waals surface area (Å²) in [6, 6.07) is 11.0. The molecular weight excluding hydrogens is 326 g/mol. The highest BCUT2D eigenvalue weighted by Gasteiger charge is 2.09. The van der Waals surface area contributed by atoms with Crippen LogP contribution in [0.1, 0.15) is 21.5 Å². The minimum Gasteiger partial charge on any atom is -0.321 e. The van der Waals surface area contributed by atoms with Crippen LogP contribution in [0.15, 0.2) is 40.9 Å². The third kappa shape index (κ3) is 3.37. The van der Waals surface area contributed by atoms with E-state index in [0.717, 1.165) is 15.6 Å². The summed E-state index contributed by atoms with van der Waals surface area (Å²) in [6.45, 7) is 3.90. The van der Waals surface area contributed by atoms with Crippen LogP contribution in [0.25, 0.3) is 0 Å². The summed E-state index contributed by atoms with van der Waals surface area (Å²) in [5.74, 6) is -0.152. The van der Waals surface area contributed by atoms with E-state index in [0.29, 0.717) is 16.3 Å². The van der Waals surface area contributed by atoms with Gasteiger partial charge in [0.15, 0.2) is 0 Å². The van der Waals surface area contributed by atoms with Gasteiger partial charge in [-0.1, -0.05) is 29.3 Å². The van der Waals surface area contributed by atoms with E-state index in [1.807, 2.05) is 32.0 Å². The van der Waals surface area contributed by atoms with E-state index in [4.69, 9.17) is 11.6 Å². The normalized spacial score (nSPS) is 10.3. The molecular formula is C15H13BrClNO. The Morgan fingerprint density at radius 1 is 1.16 bits per heavy atom. The quantitative estimate of drug-likeness (QED) is 0.823. The summed E-state index contributed by atoms with van der Waals surface area (Å²) < 4.78 is 0.815. The van der Waals surface area contributed by atoms with Gasteiger partial charge in [0.25, 0.3) is 5.91 Å². The molecule has 98 valence electrons. The fraction of sp³-hybridized carbons (Fsp3) is 0.133. The number of rotatable bonds is 2. The number of amides is 1. The lowest BCUT2D eigenvalue weighted by atomic mass is 10.1. The molecule has 0 radical (unpaired) electrons. The number of aryl methyl sites for hydroxylation is 2. The van der Waals surface area contributed by atoms with Crippen molar-refractivity contribution < 1.29 is 4.79 Å². The van der Waals surface area contributed by atoms with Gasteiger partial charge >= 0.3 is 0 Å². The minimum absolute atomic E-state index is 0.152. The molecule has 0 aliphatic heterocycles. The van der Waals surface area contributed by atoms with Gasteiger partial charge in [0.2, 0.25) is 0 Å². The summed E-state index contributed by atoms with van der Waals surface area (Å²) in [4.78, 5) is 12.1. The number of carbonyl (C=O) groups is 1. The lowest BCUT2D eigenvalue weighted by molar-refractivity contribution is 0.102. The molecule has 0 aliphatic carbocycles. The van der Waals surface area contributed by atoms with Crippen LogP contribution in [-0.2, 0) is 0 Å². The molecule has 19 heavy (non-hydrogen) atoms. The molecule has 1 amide bonds. The zero-order chi connectivity index (χ0) is 14.0. The average Bonchev–Trinajstić information content (AvgIpc) is 2.36. The maximum atomic E-state index is 12.1. The van der Waals surface area contributed by atoms with Crippen molar-refractivity contribution in [1.82, 2.24) is 0 Å². The Hall–Kier alpha value is -1.32. The second kappa shape index (κ2) is 5.76. The highest BCUT2D eigenvalue weighted by atomic mass is 79.9. The van der Waals surface area contributed by atoms with Crippen LogP contribution in [-0.4, -0.2) is 5.91 Å². The molecule has 0 aliphatic rings. The van der Waals surface area contributed by atoms with E-state index in [1.165, 1.54) is 0 Å². The molecule has 0 fully saturated rings. The first-order valence-corrected chi connectivity index (χ1v) is 6.98. The van der Waals surface area contributed by atoms with E-state index < -0.39 is 0 Å². The van der Waals surface area contributed by atoms with Crippen molar-refractivity contribution in [2.45, 2.75) is 13.8 Å². The molecule has 1 N–H and O–H groups in total. The van der Waals surface area contributed by atoms with Crippen LogP contribution in [0.4, 0.5) is 5.69 Å². The number of halogens is 2. The smallest absolute Gasteiger partial charge is 0.255 e. The number of anilines is 1. The summed E-state index contributed by atoms with van der Waals surface area (Å²) in [6.07, 6.45) is 0. The van der Waals surface area contributed by atoms with Crippen molar-refractivity contribution in [3.63, 3.8) is 0 Å². The minimum atomic E-state index is -0.152. The number of benzene rings is 2. The molecule has 0 heterocycles. The zero-order valence-electron chi connectivity index (χ0n) is 10.6. The van der Waals surface area contributed by atoms with Crippen molar-refractivity contribution in [2.75, 3.05) is 5.32 Å². The van der Waals surface area contributed by atoms with Crippen LogP contribution >= 0.6 is 27.5 Å². The molecule has 0 spiro atoms. The van der Waals surface area contributed by atoms with Crippen LogP contribution in [0.5, 0.6) is 0 Å². The van der Waals surface area contributed by atoms with Crippen molar-refractivity contribution in [2.24, 2.45) is 0 Å². The monoisotopic (exact) mass is 337 g/mol. The number of hydrogen-bond acceptors (Lipinski definition) is 1. The SMILES string of the molecule is Cc1ccc(C(=O)Nc2cc(Cl)c(C)cc2Br)cc1. The van der Waals surface area contributed by atoms with Crippen molar-refractivity contribution in [3.05, 3.63) is 62.6 Å². The number of hydrogen-bond donors (Lipinski definition) is 1. The van der Waals surface area contributed by atoms with Gasteiger partial charge < -0.3 is 5.32 Å². The summed E-state index contributed by atoms with van der Waals surface area (Å²) >= 11 is 9.48. The first kappa shape index (κ1) is 14.1. The van der Waals surface area contributed by atoms with Crippen molar-refractivity contribution in [3.8, 4) is 0 Å². The summed E-state index contributed by atoms with van der Waals surface area (Å²) in [5.41, 5.74) is 3.37. The molecule has 0 bridgehead atoms. The molecule has 4 heteroatoms. The van der Waals surface area contributed by atoms with Gasteiger partial charge in [0.05, 0.1) is 5.69 Å². The second-order valence-corrected chi connectivity index (χ2v) is 5.66. The lowest BCUT2D eigenvalue weighted by Crippen LogP contribution is -2.12. The third-order valence-electron chi connectivity index (χ3n) is 2.81. The Balaban J connectivity index is 2.24. The van der Waals surface area contributed by atoms with Crippen LogP contribution in [0.3, 0.4) is 0 Å². The molecule has 2 nitrogen and oxygen atoms in total. The molecule has 0 unspecified atom stereocenters. The molecule has 2 aromatic carbocycles. The standard InChI is InChI=1S/C15H13BrClNO/c1-9-3-5-11(6-4-9)15(19)18-14-8-13(17)10(2)7-12(14)16/h3-8H,1-2H3,(H,18,19). The molecule has 2 aromatic rings. The second-order valence-electron chi connectivity index (χ2n) is 4.40. The molecule has 0 saturated heterocycles. The highest BCUT2D eigenvalue weighted by molar-refractivity contribution is 9.10. The third-order valence-corrected chi connectivity index (χ3v) is 3.87. The maximum absolute atomic E-state index is 12.1. The van der Waals surface area contributed by atoms with E-state index in [-0.39, 0.29) is 5.91 Å². The summed E-state index contributed by atoms with van der Waals surface area (Å²) in [5, 5.41) is 3.47. The average molecular weight is 339 g/mol. The van der Waals surface area contributed by atoms with Gasteiger partial charge in [-0.25, -0.2) is 0 Å².